The van der Waals surface area contributed by atoms with Crippen LogP contribution in [0.1, 0.15) is 41.9 Å². The molecule has 2 aliphatic carbocycles. The first-order valence-corrected chi connectivity index (χ1v) is 8.79. The molecule has 24 heavy (non-hydrogen) atoms. The zero-order valence-corrected chi connectivity index (χ0v) is 13.7. The highest BCUT2D eigenvalue weighted by atomic mass is 16.3. The Labute approximate surface area is 142 Å². The van der Waals surface area contributed by atoms with Gasteiger partial charge in [-0.25, -0.2) is 0 Å². The maximum atomic E-state index is 12.6. The van der Waals surface area contributed by atoms with Gasteiger partial charge >= 0.3 is 0 Å². The summed E-state index contributed by atoms with van der Waals surface area (Å²) in [6.45, 7) is 0. The number of benzene rings is 2. The molecule has 0 aromatic heterocycles. The standard InChI is InChI=1S/C21H23NO2/c23-20(21(24)11-10-16-8-4-5-9-17(16)14-21)22-19-12-18(13-19)15-6-2-1-3-7-15/h1-9,18-19,24H,10-14H2,(H,22,23). The Morgan fingerprint density at radius 1 is 1.00 bits per heavy atom. The summed E-state index contributed by atoms with van der Waals surface area (Å²) < 4.78 is 0. The first-order chi connectivity index (χ1) is 11.6. The van der Waals surface area contributed by atoms with Crippen molar-refractivity contribution in [1.82, 2.24) is 5.32 Å². The van der Waals surface area contributed by atoms with Gasteiger partial charge in [-0.05, 0) is 48.3 Å². The number of aliphatic hydroxyl groups is 1. The molecule has 2 aromatic rings. The van der Waals surface area contributed by atoms with E-state index in [0.29, 0.717) is 18.8 Å². The molecule has 2 N–H and O–H groups in total. The molecule has 124 valence electrons. The van der Waals surface area contributed by atoms with Crippen LogP contribution in [0.5, 0.6) is 0 Å². The number of nitrogens with one attached hydrogen (secondary N) is 1. The Morgan fingerprint density at radius 3 is 2.42 bits per heavy atom. The number of carbonyl (C=O) groups is 1. The third kappa shape index (κ3) is 2.84. The highest BCUT2D eigenvalue weighted by molar-refractivity contribution is 5.86. The molecule has 3 heteroatoms. The molecule has 0 heterocycles. The van der Waals surface area contributed by atoms with E-state index in [1.165, 1.54) is 11.1 Å². The van der Waals surface area contributed by atoms with Gasteiger partial charge in [0, 0.05) is 12.5 Å². The minimum atomic E-state index is -1.26. The van der Waals surface area contributed by atoms with Gasteiger partial charge in [-0.1, -0.05) is 54.6 Å². The summed E-state index contributed by atoms with van der Waals surface area (Å²) in [5, 5.41) is 13.9. The Balaban J connectivity index is 1.36. The van der Waals surface area contributed by atoms with Crippen molar-refractivity contribution in [3.05, 3.63) is 71.3 Å². The molecule has 1 unspecified atom stereocenters. The summed E-state index contributed by atoms with van der Waals surface area (Å²) in [4.78, 5) is 12.6. The van der Waals surface area contributed by atoms with Gasteiger partial charge in [0.1, 0.15) is 5.60 Å². The lowest BCUT2D eigenvalue weighted by Crippen LogP contribution is -2.55. The quantitative estimate of drug-likeness (QED) is 0.913. The normalized spacial score (nSPS) is 28.5. The predicted molar refractivity (Wildman–Crippen MR) is 93.8 cm³/mol. The van der Waals surface area contributed by atoms with Crippen molar-refractivity contribution in [2.24, 2.45) is 0 Å². The zero-order valence-electron chi connectivity index (χ0n) is 13.7. The fourth-order valence-electron chi connectivity index (χ4n) is 3.97. The van der Waals surface area contributed by atoms with Crippen molar-refractivity contribution in [1.29, 1.82) is 0 Å². The molecular formula is C21H23NO2. The van der Waals surface area contributed by atoms with Crippen LogP contribution in [0.15, 0.2) is 54.6 Å². The number of fused-ring (bicyclic) bond motifs is 1. The summed E-state index contributed by atoms with van der Waals surface area (Å²) in [5.74, 6) is 0.326. The van der Waals surface area contributed by atoms with Crippen molar-refractivity contribution in [3.63, 3.8) is 0 Å². The number of amides is 1. The average Bonchev–Trinajstić information content (AvgIpc) is 2.58. The molecule has 2 aliphatic rings. The molecule has 0 bridgehead atoms. The van der Waals surface area contributed by atoms with Gasteiger partial charge in [0.25, 0.3) is 5.91 Å². The van der Waals surface area contributed by atoms with Crippen LogP contribution in [0.4, 0.5) is 0 Å². The second kappa shape index (κ2) is 6.06. The Hall–Kier alpha value is -2.13. The van der Waals surface area contributed by atoms with Crippen LogP contribution in [0, 0.1) is 0 Å². The molecule has 0 saturated heterocycles. The first kappa shape index (κ1) is 15.4. The van der Waals surface area contributed by atoms with Gasteiger partial charge < -0.3 is 10.4 Å². The lowest BCUT2D eigenvalue weighted by Gasteiger charge is -2.39. The smallest absolute Gasteiger partial charge is 0.252 e. The molecule has 3 nitrogen and oxygen atoms in total. The van der Waals surface area contributed by atoms with Crippen LogP contribution < -0.4 is 5.32 Å². The second-order valence-electron chi connectivity index (χ2n) is 7.23. The number of hydrogen-bond donors (Lipinski definition) is 2. The lowest BCUT2D eigenvalue weighted by atomic mass is 9.75. The van der Waals surface area contributed by atoms with E-state index in [1.54, 1.807) is 0 Å². The molecule has 2 aromatic carbocycles. The van der Waals surface area contributed by atoms with Crippen molar-refractivity contribution >= 4 is 5.91 Å². The molecule has 0 aliphatic heterocycles. The van der Waals surface area contributed by atoms with E-state index in [-0.39, 0.29) is 11.9 Å². The van der Waals surface area contributed by atoms with Gasteiger partial charge in [0.05, 0.1) is 0 Å². The second-order valence-corrected chi connectivity index (χ2v) is 7.23. The highest BCUT2D eigenvalue weighted by Crippen LogP contribution is 2.37. The zero-order chi connectivity index (χ0) is 16.6. The summed E-state index contributed by atoms with van der Waals surface area (Å²) in [5.41, 5.74) is 2.43. The minimum Gasteiger partial charge on any atom is -0.380 e. The van der Waals surface area contributed by atoms with Crippen LogP contribution in [-0.4, -0.2) is 22.7 Å². The Bertz CT molecular complexity index is 737. The topological polar surface area (TPSA) is 49.3 Å². The molecule has 1 atom stereocenters. The van der Waals surface area contributed by atoms with Gasteiger partial charge in [0.2, 0.25) is 0 Å². The fourth-order valence-corrected chi connectivity index (χ4v) is 3.97. The number of carbonyl (C=O) groups excluding carboxylic acids is 1. The van der Waals surface area contributed by atoms with Gasteiger partial charge in [-0.15, -0.1) is 0 Å². The molecule has 1 amide bonds. The molecule has 1 fully saturated rings. The SMILES string of the molecule is O=C(NC1CC(c2ccccc2)C1)C1(O)CCc2ccccc2C1. The Morgan fingerprint density at radius 2 is 1.67 bits per heavy atom. The summed E-state index contributed by atoms with van der Waals surface area (Å²) in [7, 11) is 0. The van der Waals surface area contributed by atoms with Gasteiger partial charge in [-0.3, -0.25) is 4.79 Å². The summed E-state index contributed by atoms with van der Waals surface area (Å²) >= 11 is 0. The molecular weight excluding hydrogens is 298 g/mol. The maximum absolute atomic E-state index is 12.6. The van der Waals surface area contributed by atoms with Gasteiger partial charge in [0.15, 0.2) is 0 Å². The molecule has 0 spiro atoms. The lowest BCUT2D eigenvalue weighted by molar-refractivity contribution is -0.142. The number of hydrogen-bond acceptors (Lipinski definition) is 2. The van der Waals surface area contributed by atoms with Crippen LogP contribution >= 0.6 is 0 Å². The molecule has 0 radical (unpaired) electrons. The number of rotatable bonds is 3. The monoisotopic (exact) mass is 321 g/mol. The summed E-state index contributed by atoms with van der Waals surface area (Å²) in [6, 6.07) is 18.7. The van der Waals surface area contributed by atoms with Crippen molar-refractivity contribution in [2.75, 3.05) is 0 Å². The third-order valence-electron chi connectivity index (χ3n) is 5.58. The van der Waals surface area contributed by atoms with E-state index in [9.17, 15) is 9.90 Å². The number of aryl methyl sites for hydroxylation is 1. The van der Waals surface area contributed by atoms with Crippen LogP contribution in [0.3, 0.4) is 0 Å². The third-order valence-corrected chi connectivity index (χ3v) is 5.58. The maximum Gasteiger partial charge on any atom is 0.252 e. The van der Waals surface area contributed by atoms with Crippen molar-refractivity contribution in [2.45, 2.75) is 49.7 Å². The van der Waals surface area contributed by atoms with E-state index in [2.05, 4.69) is 35.6 Å². The average molecular weight is 321 g/mol. The Kier molecular flexibility index (Phi) is 3.89. The van der Waals surface area contributed by atoms with Crippen LogP contribution in [-0.2, 0) is 17.6 Å². The van der Waals surface area contributed by atoms with E-state index >= 15 is 0 Å². The van der Waals surface area contributed by atoms with Crippen molar-refractivity contribution in [3.8, 4) is 0 Å². The van der Waals surface area contributed by atoms with E-state index in [4.69, 9.17) is 0 Å². The van der Waals surface area contributed by atoms with E-state index in [0.717, 1.165) is 24.8 Å². The molecule has 1 saturated carbocycles. The minimum absolute atomic E-state index is 0.184. The van der Waals surface area contributed by atoms with E-state index < -0.39 is 5.60 Å². The van der Waals surface area contributed by atoms with Crippen molar-refractivity contribution < 1.29 is 9.90 Å². The largest absolute Gasteiger partial charge is 0.380 e. The fraction of sp³-hybridized carbons (Fsp3) is 0.381. The predicted octanol–water partition coefficient (Wildman–Crippen LogP) is 2.97. The molecule has 4 rings (SSSR count). The van der Waals surface area contributed by atoms with Gasteiger partial charge in [-0.2, -0.15) is 0 Å². The van der Waals surface area contributed by atoms with Crippen LogP contribution in [0.25, 0.3) is 0 Å². The van der Waals surface area contributed by atoms with E-state index in [1.807, 2.05) is 24.3 Å². The summed E-state index contributed by atoms with van der Waals surface area (Å²) in [6.07, 6.45) is 3.61. The first-order valence-electron chi connectivity index (χ1n) is 8.79. The highest BCUT2D eigenvalue weighted by Gasteiger charge is 2.41. The van der Waals surface area contributed by atoms with Crippen LogP contribution in [0.2, 0.25) is 0 Å².